The Kier molecular flexibility index (Phi) is 2.49. The molecule has 0 spiro atoms. The van der Waals surface area contributed by atoms with Crippen LogP contribution in [0.4, 0.5) is 0 Å². The van der Waals surface area contributed by atoms with E-state index in [1.54, 1.807) is 0 Å². The van der Waals surface area contributed by atoms with Crippen molar-refractivity contribution in [2.24, 2.45) is 0 Å². The van der Waals surface area contributed by atoms with Gasteiger partial charge in [0.1, 0.15) is 0 Å². The molecule has 0 unspecified atom stereocenters. The van der Waals surface area contributed by atoms with Crippen LogP contribution in [0.25, 0.3) is 0 Å². The van der Waals surface area contributed by atoms with Crippen molar-refractivity contribution in [1.82, 2.24) is 0 Å². The maximum Gasteiger partial charge on any atom is 0.156 e. The molecule has 0 aromatic heterocycles. The van der Waals surface area contributed by atoms with E-state index in [2.05, 4.69) is 22.0 Å². The topological polar surface area (TPSA) is 33.0 Å². The fourth-order valence-electron chi connectivity index (χ4n) is 0.863. The van der Waals surface area contributed by atoms with Crippen LogP contribution in [0.2, 0.25) is 0 Å². The van der Waals surface area contributed by atoms with Crippen LogP contribution in [0, 0.1) is 11.3 Å². The lowest BCUT2D eigenvalue weighted by atomic mass is 10.1. The largest absolute Gasteiger partial charge is 0.362 e. The molecule has 1 fully saturated rings. The number of nitrogens with zero attached hydrogens (tertiary/aromatic N) is 1. The second-order valence-electron chi connectivity index (χ2n) is 2.08. The normalized spacial score (nSPS) is 35.6. The average molecular weight is 190 g/mol. The highest BCUT2D eigenvalue weighted by molar-refractivity contribution is 9.09. The third kappa shape index (κ3) is 1.67. The first kappa shape index (κ1) is 7.04. The van der Waals surface area contributed by atoms with Crippen LogP contribution in [0.1, 0.15) is 12.8 Å². The molecule has 0 radical (unpaired) electrons. The minimum atomic E-state index is -0.223. The first-order valence-electron chi connectivity index (χ1n) is 3.00. The van der Waals surface area contributed by atoms with Gasteiger partial charge in [-0.2, -0.15) is 5.26 Å². The lowest BCUT2D eigenvalue weighted by Gasteiger charge is -2.21. The van der Waals surface area contributed by atoms with Gasteiger partial charge in [0.2, 0.25) is 0 Å². The third-order valence-electron chi connectivity index (χ3n) is 1.38. The fourth-order valence-corrected chi connectivity index (χ4v) is 1.46. The first-order chi connectivity index (χ1) is 4.34. The van der Waals surface area contributed by atoms with Crippen LogP contribution in [0.3, 0.4) is 0 Å². The molecule has 0 amide bonds. The number of alkyl halides is 1. The summed E-state index contributed by atoms with van der Waals surface area (Å²) < 4.78 is 5.13. The van der Waals surface area contributed by atoms with Crippen molar-refractivity contribution >= 4 is 15.9 Å². The fraction of sp³-hybridized carbons (Fsp3) is 0.833. The molecule has 0 N–H and O–H groups in total. The first-order valence-corrected chi connectivity index (χ1v) is 3.91. The van der Waals surface area contributed by atoms with Gasteiger partial charge in [-0.25, -0.2) is 0 Å². The van der Waals surface area contributed by atoms with Gasteiger partial charge >= 0.3 is 0 Å². The molecule has 50 valence electrons. The average Bonchev–Trinajstić information content (AvgIpc) is 1.89. The summed E-state index contributed by atoms with van der Waals surface area (Å²) in [5.41, 5.74) is 0. The summed E-state index contributed by atoms with van der Waals surface area (Å²) in [5, 5.41) is 8.46. The molecule has 1 rings (SSSR count). The van der Waals surface area contributed by atoms with Crippen molar-refractivity contribution in [3.05, 3.63) is 0 Å². The Balaban J connectivity index is 2.41. The van der Waals surface area contributed by atoms with Gasteiger partial charge in [0.15, 0.2) is 6.10 Å². The van der Waals surface area contributed by atoms with E-state index in [0.29, 0.717) is 0 Å². The van der Waals surface area contributed by atoms with E-state index in [4.69, 9.17) is 10.00 Å². The molecule has 1 heterocycles. The zero-order valence-corrected chi connectivity index (χ0v) is 6.60. The second-order valence-corrected chi connectivity index (χ2v) is 3.25. The lowest BCUT2D eigenvalue weighted by molar-refractivity contribution is 0.0578. The molecule has 9 heavy (non-hydrogen) atoms. The summed E-state index contributed by atoms with van der Waals surface area (Å²) >= 11 is 3.37. The van der Waals surface area contributed by atoms with Crippen LogP contribution in [0.15, 0.2) is 0 Å². The molecule has 1 aliphatic rings. The summed E-state index contributed by atoms with van der Waals surface area (Å²) in [5.74, 6) is 0. The SMILES string of the molecule is N#C[C@@H]1OCCC[C@H]1Br. The summed E-state index contributed by atoms with van der Waals surface area (Å²) in [6, 6.07) is 2.08. The standard InChI is InChI=1S/C6H8BrNO/c7-5-2-1-3-9-6(5)4-8/h5-6H,1-3H2/t5-,6+/m1/s1. The van der Waals surface area contributed by atoms with Crippen molar-refractivity contribution in [3.8, 4) is 6.07 Å². The van der Waals surface area contributed by atoms with E-state index >= 15 is 0 Å². The predicted octanol–water partition coefficient (Wildman–Crippen LogP) is 1.45. The van der Waals surface area contributed by atoms with Crippen LogP contribution in [-0.2, 0) is 4.74 Å². The molecule has 2 atom stereocenters. The monoisotopic (exact) mass is 189 g/mol. The maximum atomic E-state index is 8.46. The Morgan fingerprint density at radius 3 is 2.89 bits per heavy atom. The van der Waals surface area contributed by atoms with Gasteiger partial charge in [-0.3, -0.25) is 0 Å². The van der Waals surface area contributed by atoms with Crippen molar-refractivity contribution in [2.75, 3.05) is 6.61 Å². The van der Waals surface area contributed by atoms with Gasteiger partial charge in [-0.15, -0.1) is 0 Å². The van der Waals surface area contributed by atoms with Gasteiger partial charge < -0.3 is 4.74 Å². The van der Waals surface area contributed by atoms with Gasteiger partial charge in [-0.05, 0) is 12.8 Å². The highest BCUT2D eigenvalue weighted by atomic mass is 79.9. The highest BCUT2D eigenvalue weighted by Crippen LogP contribution is 2.19. The summed E-state index contributed by atoms with van der Waals surface area (Å²) in [6.45, 7) is 0.736. The molecule has 0 aromatic carbocycles. The number of nitriles is 1. The van der Waals surface area contributed by atoms with Crippen LogP contribution in [-0.4, -0.2) is 17.5 Å². The highest BCUT2D eigenvalue weighted by Gasteiger charge is 2.22. The van der Waals surface area contributed by atoms with Crippen molar-refractivity contribution in [3.63, 3.8) is 0 Å². The van der Waals surface area contributed by atoms with E-state index < -0.39 is 0 Å². The van der Waals surface area contributed by atoms with Gasteiger partial charge in [0.25, 0.3) is 0 Å². The van der Waals surface area contributed by atoms with Gasteiger partial charge in [0.05, 0.1) is 10.9 Å². The minimum absolute atomic E-state index is 0.223. The molecular formula is C6H8BrNO. The Labute approximate surface area is 62.9 Å². The van der Waals surface area contributed by atoms with E-state index in [0.717, 1.165) is 19.4 Å². The van der Waals surface area contributed by atoms with E-state index in [1.807, 2.05) is 0 Å². The number of halogens is 1. The molecule has 3 heteroatoms. The zero-order chi connectivity index (χ0) is 6.69. The van der Waals surface area contributed by atoms with Crippen molar-refractivity contribution in [2.45, 2.75) is 23.8 Å². The third-order valence-corrected chi connectivity index (χ3v) is 2.32. The summed E-state index contributed by atoms with van der Waals surface area (Å²) in [4.78, 5) is 0.247. The number of rotatable bonds is 0. The van der Waals surface area contributed by atoms with E-state index in [9.17, 15) is 0 Å². The van der Waals surface area contributed by atoms with Gasteiger partial charge in [-0.1, -0.05) is 15.9 Å². The number of hydrogen-bond donors (Lipinski definition) is 0. The number of hydrogen-bond acceptors (Lipinski definition) is 2. The molecule has 0 saturated carbocycles. The Morgan fingerprint density at radius 2 is 2.44 bits per heavy atom. The molecule has 1 saturated heterocycles. The van der Waals surface area contributed by atoms with Crippen LogP contribution < -0.4 is 0 Å². The van der Waals surface area contributed by atoms with Gasteiger partial charge in [0, 0.05) is 6.61 Å². The molecule has 1 aliphatic heterocycles. The van der Waals surface area contributed by atoms with E-state index in [-0.39, 0.29) is 10.9 Å². The minimum Gasteiger partial charge on any atom is -0.362 e. The lowest BCUT2D eigenvalue weighted by Crippen LogP contribution is -2.27. The smallest absolute Gasteiger partial charge is 0.156 e. The molecule has 0 aliphatic carbocycles. The molecular weight excluding hydrogens is 182 g/mol. The molecule has 0 aromatic rings. The molecule has 2 nitrogen and oxygen atoms in total. The van der Waals surface area contributed by atoms with Crippen molar-refractivity contribution in [1.29, 1.82) is 5.26 Å². The second kappa shape index (κ2) is 3.19. The predicted molar refractivity (Wildman–Crippen MR) is 37.3 cm³/mol. The van der Waals surface area contributed by atoms with Crippen LogP contribution >= 0.6 is 15.9 Å². The Bertz CT molecular complexity index is 132. The van der Waals surface area contributed by atoms with Crippen molar-refractivity contribution < 1.29 is 4.74 Å². The Hall–Kier alpha value is -0.0700. The number of ether oxygens (including phenoxy) is 1. The maximum absolute atomic E-state index is 8.46. The van der Waals surface area contributed by atoms with Crippen LogP contribution in [0.5, 0.6) is 0 Å². The summed E-state index contributed by atoms with van der Waals surface area (Å²) in [6.07, 6.45) is 1.89. The summed E-state index contributed by atoms with van der Waals surface area (Å²) in [7, 11) is 0. The molecule has 0 bridgehead atoms. The van der Waals surface area contributed by atoms with E-state index in [1.165, 1.54) is 0 Å². The Morgan fingerprint density at radius 1 is 1.67 bits per heavy atom. The zero-order valence-electron chi connectivity index (χ0n) is 5.01. The quantitative estimate of drug-likeness (QED) is 0.541.